The molecular formula is C15H14N4O2. The molecule has 106 valence electrons. The number of aromatic amines is 1. The summed E-state index contributed by atoms with van der Waals surface area (Å²) in [4.78, 5) is 11.5. The number of amides is 1. The molecule has 2 aromatic carbocycles. The Bertz CT molecular complexity index is 810. The van der Waals surface area contributed by atoms with Crippen LogP contribution in [0.3, 0.4) is 0 Å². The third-order valence-corrected chi connectivity index (χ3v) is 3.32. The van der Waals surface area contributed by atoms with E-state index in [1.165, 1.54) is 0 Å². The summed E-state index contributed by atoms with van der Waals surface area (Å²) >= 11 is 0. The number of hydrogen-bond donors (Lipinski definition) is 3. The zero-order chi connectivity index (χ0) is 14.8. The number of carbonyl (C=O) groups is 1. The Kier molecular flexibility index (Phi) is 3.29. The van der Waals surface area contributed by atoms with E-state index in [-0.39, 0.29) is 0 Å². The fourth-order valence-electron chi connectivity index (χ4n) is 2.33. The zero-order valence-corrected chi connectivity index (χ0v) is 11.4. The first-order valence-corrected chi connectivity index (χ1v) is 6.37. The van der Waals surface area contributed by atoms with E-state index in [4.69, 9.17) is 10.6 Å². The van der Waals surface area contributed by atoms with E-state index in [0.717, 1.165) is 16.3 Å². The van der Waals surface area contributed by atoms with Gasteiger partial charge < -0.3 is 4.74 Å². The van der Waals surface area contributed by atoms with Gasteiger partial charge in [-0.2, -0.15) is 5.10 Å². The van der Waals surface area contributed by atoms with Gasteiger partial charge in [-0.1, -0.05) is 30.3 Å². The maximum atomic E-state index is 11.5. The van der Waals surface area contributed by atoms with Gasteiger partial charge in [-0.25, -0.2) is 5.84 Å². The summed E-state index contributed by atoms with van der Waals surface area (Å²) in [6, 6.07) is 13.4. The van der Waals surface area contributed by atoms with Crippen molar-refractivity contribution in [3.8, 4) is 17.0 Å². The first-order valence-electron chi connectivity index (χ1n) is 6.37. The number of nitrogens with zero attached hydrogens (tertiary/aromatic N) is 1. The van der Waals surface area contributed by atoms with E-state index in [9.17, 15) is 4.79 Å². The summed E-state index contributed by atoms with van der Waals surface area (Å²) in [5.74, 6) is 5.40. The fourth-order valence-corrected chi connectivity index (χ4v) is 2.33. The van der Waals surface area contributed by atoms with E-state index in [1.54, 1.807) is 13.2 Å². The van der Waals surface area contributed by atoms with Crippen LogP contribution >= 0.6 is 0 Å². The van der Waals surface area contributed by atoms with Gasteiger partial charge in [-0.3, -0.25) is 15.3 Å². The van der Waals surface area contributed by atoms with Crippen LogP contribution in [0.2, 0.25) is 0 Å². The minimum Gasteiger partial charge on any atom is -0.496 e. The van der Waals surface area contributed by atoms with E-state index >= 15 is 0 Å². The molecule has 0 fully saturated rings. The minimum absolute atomic E-state index is 0.294. The van der Waals surface area contributed by atoms with Crippen molar-refractivity contribution in [2.75, 3.05) is 7.11 Å². The van der Waals surface area contributed by atoms with Crippen LogP contribution < -0.4 is 16.0 Å². The number of ether oxygens (including phenoxy) is 1. The van der Waals surface area contributed by atoms with Crippen molar-refractivity contribution in [2.45, 2.75) is 0 Å². The number of fused-ring (bicyclic) bond motifs is 1. The Balaban J connectivity index is 2.23. The summed E-state index contributed by atoms with van der Waals surface area (Å²) in [5, 5.41) is 8.94. The number of nitrogens with two attached hydrogens (primary N) is 1. The third kappa shape index (κ3) is 2.21. The Labute approximate surface area is 120 Å². The second-order valence-corrected chi connectivity index (χ2v) is 4.50. The molecule has 0 spiro atoms. The number of nitrogens with one attached hydrogen (secondary N) is 2. The molecule has 0 bridgehead atoms. The largest absolute Gasteiger partial charge is 0.496 e. The fraction of sp³-hybridized carbons (Fsp3) is 0.0667. The van der Waals surface area contributed by atoms with Crippen molar-refractivity contribution < 1.29 is 9.53 Å². The molecule has 21 heavy (non-hydrogen) atoms. The van der Waals surface area contributed by atoms with Gasteiger partial charge in [-0.05, 0) is 22.9 Å². The van der Waals surface area contributed by atoms with E-state index in [2.05, 4.69) is 15.6 Å². The molecular weight excluding hydrogens is 268 g/mol. The van der Waals surface area contributed by atoms with Crippen LogP contribution in [-0.2, 0) is 0 Å². The Hall–Kier alpha value is -2.86. The van der Waals surface area contributed by atoms with Crippen molar-refractivity contribution in [3.63, 3.8) is 0 Å². The lowest BCUT2D eigenvalue weighted by Crippen LogP contribution is -2.30. The van der Waals surface area contributed by atoms with Crippen molar-refractivity contribution in [2.24, 2.45) is 5.84 Å². The van der Waals surface area contributed by atoms with Gasteiger partial charge in [-0.15, -0.1) is 0 Å². The number of methoxy groups -OCH3 is 1. The van der Waals surface area contributed by atoms with E-state index < -0.39 is 5.91 Å². The molecule has 3 aromatic rings. The summed E-state index contributed by atoms with van der Waals surface area (Å²) < 4.78 is 5.42. The van der Waals surface area contributed by atoms with Crippen molar-refractivity contribution in [1.29, 1.82) is 0 Å². The van der Waals surface area contributed by atoms with Gasteiger partial charge in [0.2, 0.25) is 0 Å². The number of hydrogen-bond acceptors (Lipinski definition) is 4. The van der Waals surface area contributed by atoms with E-state index in [1.807, 2.05) is 36.4 Å². The molecule has 4 N–H and O–H groups in total. The SMILES string of the molecule is COc1ccc2ccccc2c1-c1cc(C(=O)NN)[nH]n1. The lowest BCUT2D eigenvalue weighted by molar-refractivity contribution is 0.0948. The number of carbonyl (C=O) groups excluding carboxylic acids is 1. The van der Waals surface area contributed by atoms with E-state index in [0.29, 0.717) is 17.1 Å². The highest BCUT2D eigenvalue weighted by atomic mass is 16.5. The number of rotatable bonds is 3. The van der Waals surface area contributed by atoms with Crippen LogP contribution in [-0.4, -0.2) is 23.2 Å². The Morgan fingerprint density at radius 3 is 2.86 bits per heavy atom. The first-order chi connectivity index (χ1) is 10.2. The lowest BCUT2D eigenvalue weighted by atomic mass is 10.0. The summed E-state index contributed by atoms with van der Waals surface area (Å²) in [6.45, 7) is 0. The summed E-state index contributed by atoms with van der Waals surface area (Å²) in [7, 11) is 1.60. The summed E-state index contributed by atoms with van der Waals surface area (Å²) in [5.41, 5.74) is 3.83. The Morgan fingerprint density at radius 1 is 1.29 bits per heavy atom. The van der Waals surface area contributed by atoms with Crippen LogP contribution in [0.4, 0.5) is 0 Å². The molecule has 0 aliphatic rings. The lowest BCUT2D eigenvalue weighted by Gasteiger charge is -2.09. The summed E-state index contributed by atoms with van der Waals surface area (Å²) in [6.07, 6.45) is 0. The van der Waals surface area contributed by atoms with Gasteiger partial charge in [0.1, 0.15) is 11.4 Å². The molecule has 6 nitrogen and oxygen atoms in total. The average Bonchev–Trinajstić information content (AvgIpc) is 3.02. The number of nitrogen functional groups attached to an aromatic ring is 1. The van der Waals surface area contributed by atoms with Gasteiger partial charge in [0, 0.05) is 0 Å². The predicted molar refractivity (Wildman–Crippen MR) is 79.7 cm³/mol. The van der Waals surface area contributed by atoms with Crippen LogP contribution in [0.1, 0.15) is 10.5 Å². The van der Waals surface area contributed by atoms with Crippen LogP contribution in [0, 0.1) is 0 Å². The standard InChI is InChI=1S/C15H14N4O2/c1-21-13-7-6-9-4-2-3-5-10(9)14(13)11-8-12(19-18-11)15(20)17-16/h2-8H,16H2,1H3,(H,17,20)(H,18,19). The minimum atomic E-state index is -0.423. The van der Waals surface area contributed by atoms with Gasteiger partial charge in [0.15, 0.2) is 0 Å². The van der Waals surface area contributed by atoms with Gasteiger partial charge in [0.05, 0.1) is 18.4 Å². The quantitative estimate of drug-likeness (QED) is 0.388. The second-order valence-electron chi connectivity index (χ2n) is 4.50. The van der Waals surface area contributed by atoms with Gasteiger partial charge >= 0.3 is 0 Å². The third-order valence-electron chi connectivity index (χ3n) is 3.32. The predicted octanol–water partition coefficient (Wildman–Crippen LogP) is 1.84. The highest BCUT2D eigenvalue weighted by Gasteiger charge is 2.15. The second kappa shape index (κ2) is 5.26. The highest BCUT2D eigenvalue weighted by Crippen LogP contribution is 2.36. The molecule has 0 saturated heterocycles. The molecule has 0 unspecified atom stereocenters. The van der Waals surface area contributed by atoms with Gasteiger partial charge in [0.25, 0.3) is 5.91 Å². The average molecular weight is 282 g/mol. The molecule has 6 heteroatoms. The number of hydrazine groups is 1. The molecule has 0 saturated carbocycles. The molecule has 1 amide bonds. The van der Waals surface area contributed by atoms with Crippen molar-refractivity contribution >= 4 is 16.7 Å². The van der Waals surface area contributed by atoms with Crippen LogP contribution in [0.25, 0.3) is 22.0 Å². The molecule has 3 rings (SSSR count). The maximum absolute atomic E-state index is 11.5. The smallest absolute Gasteiger partial charge is 0.283 e. The topological polar surface area (TPSA) is 93.0 Å². The van der Waals surface area contributed by atoms with Crippen LogP contribution in [0.15, 0.2) is 42.5 Å². The molecule has 1 aromatic heterocycles. The van der Waals surface area contributed by atoms with Crippen molar-refractivity contribution in [1.82, 2.24) is 15.6 Å². The molecule has 0 atom stereocenters. The molecule has 0 aliphatic heterocycles. The highest BCUT2D eigenvalue weighted by molar-refractivity contribution is 6.00. The van der Waals surface area contributed by atoms with Crippen LogP contribution in [0.5, 0.6) is 5.75 Å². The normalized spacial score (nSPS) is 10.6. The molecule has 1 heterocycles. The number of H-pyrrole nitrogens is 1. The zero-order valence-electron chi connectivity index (χ0n) is 11.4. The monoisotopic (exact) mass is 282 g/mol. The maximum Gasteiger partial charge on any atom is 0.283 e. The molecule has 0 radical (unpaired) electrons. The Morgan fingerprint density at radius 2 is 2.10 bits per heavy atom. The number of aromatic nitrogens is 2. The first kappa shape index (κ1) is 13.1. The van der Waals surface area contributed by atoms with Crippen molar-refractivity contribution in [3.05, 3.63) is 48.2 Å². The molecule has 0 aliphatic carbocycles. The number of benzene rings is 2.